The van der Waals surface area contributed by atoms with Crippen LogP contribution in [0.5, 0.6) is 0 Å². The van der Waals surface area contributed by atoms with Gasteiger partial charge in [0.25, 0.3) is 0 Å². The number of hydrogen-bond acceptors (Lipinski definition) is 5. The normalized spacial score (nSPS) is 10.1. The first-order valence-corrected chi connectivity index (χ1v) is 8.11. The molecule has 2 amide bonds. The summed E-state index contributed by atoms with van der Waals surface area (Å²) >= 11 is 0. The van der Waals surface area contributed by atoms with Gasteiger partial charge in [-0.25, -0.2) is 14.4 Å². The van der Waals surface area contributed by atoms with E-state index in [0.29, 0.717) is 22.5 Å². The van der Waals surface area contributed by atoms with Gasteiger partial charge in [0.1, 0.15) is 0 Å². The molecule has 0 fully saturated rings. The summed E-state index contributed by atoms with van der Waals surface area (Å²) in [6, 6.07) is 11.9. The first kappa shape index (κ1) is 19.0. The second kappa shape index (κ2) is 8.66. The van der Waals surface area contributed by atoms with Crippen molar-refractivity contribution < 1.29 is 23.9 Å². The van der Waals surface area contributed by atoms with Gasteiger partial charge in [-0.1, -0.05) is 0 Å². The lowest BCUT2D eigenvalue weighted by atomic mass is 10.1. The quantitative estimate of drug-likeness (QED) is 0.801. The van der Waals surface area contributed by atoms with Crippen LogP contribution in [0.1, 0.15) is 34.6 Å². The topological polar surface area (TPSA) is 98.9 Å². The molecule has 0 heterocycles. The predicted molar refractivity (Wildman–Crippen MR) is 96.5 cm³/mol. The van der Waals surface area contributed by atoms with Crippen LogP contribution in [0.25, 0.3) is 0 Å². The van der Waals surface area contributed by atoms with E-state index in [1.165, 1.54) is 4.90 Å². The maximum absolute atomic E-state index is 11.9. The zero-order valence-corrected chi connectivity index (χ0v) is 14.6. The fourth-order valence-electron chi connectivity index (χ4n) is 2.33. The Labute approximate surface area is 151 Å². The molecule has 7 heteroatoms. The summed E-state index contributed by atoms with van der Waals surface area (Å²) < 4.78 is 9.86. The number of nitrogens with two attached hydrogens (primary N) is 1. The monoisotopic (exact) mass is 356 g/mol. The van der Waals surface area contributed by atoms with E-state index in [0.717, 1.165) is 0 Å². The Bertz CT molecular complexity index is 723. The lowest BCUT2D eigenvalue weighted by Crippen LogP contribution is -2.31. The van der Waals surface area contributed by atoms with Crippen molar-refractivity contribution in [2.75, 3.05) is 18.1 Å². The lowest BCUT2D eigenvalue weighted by molar-refractivity contribution is 0.0517. The van der Waals surface area contributed by atoms with Crippen molar-refractivity contribution in [2.24, 2.45) is 5.73 Å². The van der Waals surface area contributed by atoms with Gasteiger partial charge >= 0.3 is 18.0 Å². The summed E-state index contributed by atoms with van der Waals surface area (Å²) in [7, 11) is 0. The highest BCUT2D eigenvalue weighted by molar-refractivity contribution is 5.99. The molecule has 2 rings (SSSR count). The van der Waals surface area contributed by atoms with Gasteiger partial charge in [-0.2, -0.15) is 0 Å². The van der Waals surface area contributed by atoms with Crippen LogP contribution in [0, 0.1) is 0 Å². The number of ether oxygens (including phenoxy) is 2. The molecule has 0 aliphatic heterocycles. The molecule has 0 aliphatic rings. The summed E-state index contributed by atoms with van der Waals surface area (Å²) in [5, 5.41) is 0. The van der Waals surface area contributed by atoms with E-state index in [-0.39, 0.29) is 13.2 Å². The second-order valence-corrected chi connectivity index (χ2v) is 5.21. The van der Waals surface area contributed by atoms with Crippen LogP contribution >= 0.6 is 0 Å². The number of esters is 2. The zero-order valence-electron chi connectivity index (χ0n) is 14.6. The first-order valence-electron chi connectivity index (χ1n) is 8.11. The van der Waals surface area contributed by atoms with Crippen LogP contribution in [-0.4, -0.2) is 31.2 Å². The molecule has 26 heavy (non-hydrogen) atoms. The third-order valence-corrected chi connectivity index (χ3v) is 3.49. The third kappa shape index (κ3) is 4.38. The highest BCUT2D eigenvalue weighted by Gasteiger charge is 2.17. The Morgan fingerprint density at radius 3 is 1.38 bits per heavy atom. The molecule has 0 bridgehead atoms. The van der Waals surface area contributed by atoms with Gasteiger partial charge in [0.15, 0.2) is 0 Å². The number of primary amides is 1. The van der Waals surface area contributed by atoms with Gasteiger partial charge in [0, 0.05) is 0 Å². The van der Waals surface area contributed by atoms with Crippen LogP contribution in [-0.2, 0) is 9.47 Å². The molecule has 2 aromatic rings. The van der Waals surface area contributed by atoms with Crippen LogP contribution < -0.4 is 10.6 Å². The minimum Gasteiger partial charge on any atom is -0.462 e. The molecule has 0 aliphatic carbocycles. The van der Waals surface area contributed by atoms with Crippen molar-refractivity contribution >= 4 is 29.3 Å². The first-order chi connectivity index (χ1) is 12.5. The Morgan fingerprint density at radius 2 is 1.12 bits per heavy atom. The highest BCUT2D eigenvalue weighted by Crippen LogP contribution is 2.26. The number of carbonyl (C=O) groups excluding carboxylic acids is 3. The smallest absolute Gasteiger partial charge is 0.338 e. The number of hydrogen-bond donors (Lipinski definition) is 1. The van der Waals surface area contributed by atoms with Gasteiger partial charge in [0.2, 0.25) is 0 Å². The lowest BCUT2D eigenvalue weighted by Gasteiger charge is -2.21. The zero-order chi connectivity index (χ0) is 19.1. The Balaban J connectivity index is 2.27. The van der Waals surface area contributed by atoms with Crippen molar-refractivity contribution in [2.45, 2.75) is 13.8 Å². The summed E-state index contributed by atoms with van der Waals surface area (Å²) in [5.74, 6) is -0.882. The number of nitrogens with zero attached hydrogens (tertiary/aromatic N) is 1. The molecule has 0 unspecified atom stereocenters. The molecule has 2 aromatic carbocycles. The van der Waals surface area contributed by atoms with E-state index in [2.05, 4.69) is 0 Å². The molecule has 0 saturated carbocycles. The maximum atomic E-state index is 11.9. The van der Waals surface area contributed by atoms with Crippen molar-refractivity contribution in [3.63, 3.8) is 0 Å². The summed E-state index contributed by atoms with van der Waals surface area (Å²) in [5.41, 5.74) is 7.20. The van der Waals surface area contributed by atoms with Gasteiger partial charge in [-0.05, 0) is 62.4 Å². The number of rotatable bonds is 6. The molecule has 0 saturated heterocycles. The molecule has 2 N–H and O–H groups in total. The van der Waals surface area contributed by atoms with Gasteiger partial charge in [-0.15, -0.1) is 0 Å². The number of carbonyl (C=O) groups is 3. The molecular formula is C19H20N2O5. The fourth-order valence-corrected chi connectivity index (χ4v) is 2.33. The number of benzene rings is 2. The SMILES string of the molecule is CCOC(=O)c1ccc(N(C(N)=O)c2ccc(C(=O)OCC)cc2)cc1. The van der Waals surface area contributed by atoms with Gasteiger partial charge in [-0.3, -0.25) is 4.90 Å². The van der Waals surface area contributed by atoms with Crippen LogP contribution in [0.15, 0.2) is 48.5 Å². The van der Waals surface area contributed by atoms with E-state index >= 15 is 0 Å². The molecule has 0 aromatic heterocycles. The molecule has 0 atom stereocenters. The van der Waals surface area contributed by atoms with Crippen LogP contribution in [0.2, 0.25) is 0 Å². The third-order valence-electron chi connectivity index (χ3n) is 3.49. The summed E-state index contributed by atoms with van der Waals surface area (Å²) in [4.78, 5) is 36.6. The molecule has 136 valence electrons. The minimum atomic E-state index is -0.697. The van der Waals surface area contributed by atoms with Gasteiger partial charge in [0.05, 0.1) is 35.7 Å². The Morgan fingerprint density at radius 1 is 0.769 bits per heavy atom. The van der Waals surface area contributed by atoms with Crippen molar-refractivity contribution in [1.29, 1.82) is 0 Å². The summed E-state index contributed by atoms with van der Waals surface area (Å²) in [6.07, 6.45) is 0. The second-order valence-electron chi connectivity index (χ2n) is 5.21. The van der Waals surface area contributed by atoms with Crippen LogP contribution in [0.3, 0.4) is 0 Å². The Kier molecular flexibility index (Phi) is 6.32. The predicted octanol–water partition coefficient (Wildman–Crippen LogP) is 3.26. The molecule has 0 spiro atoms. The van der Waals surface area contributed by atoms with Crippen LogP contribution in [0.4, 0.5) is 16.2 Å². The van der Waals surface area contributed by atoms with Crippen molar-refractivity contribution in [3.05, 3.63) is 59.7 Å². The minimum absolute atomic E-state index is 0.279. The van der Waals surface area contributed by atoms with E-state index in [1.54, 1.807) is 62.4 Å². The van der Waals surface area contributed by atoms with Crippen molar-refractivity contribution in [1.82, 2.24) is 0 Å². The number of amides is 2. The average Bonchev–Trinajstić information content (AvgIpc) is 2.63. The van der Waals surface area contributed by atoms with E-state index in [9.17, 15) is 14.4 Å². The largest absolute Gasteiger partial charge is 0.462 e. The molecular weight excluding hydrogens is 336 g/mol. The van der Waals surface area contributed by atoms with E-state index < -0.39 is 18.0 Å². The fraction of sp³-hybridized carbons (Fsp3) is 0.211. The van der Waals surface area contributed by atoms with Crippen molar-refractivity contribution in [3.8, 4) is 0 Å². The maximum Gasteiger partial charge on any atom is 0.338 e. The average molecular weight is 356 g/mol. The summed E-state index contributed by atoms with van der Waals surface area (Å²) in [6.45, 7) is 4.00. The standard InChI is InChI=1S/C19H20N2O5/c1-3-25-17(22)13-5-9-15(10-6-13)21(19(20)24)16-11-7-14(8-12-16)18(23)26-4-2/h5-12H,3-4H2,1-2H3,(H2,20,24). The molecule has 0 radical (unpaired) electrons. The van der Waals surface area contributed by atoms with E-state index in [4.69, 9.17) is 15.2 Å². The molecule has 7 nitrogen and oxygen atoms in total. The van der Waals surface area contributed by atoms with E-state index in [1.807, 2.05) is 0 Å². The number of anilines is 2. The van der Waals surface area contributed by atoms with Gasteiger partial charge < -0.3 is 15.2 Å². The Hall–Kier alpha value is -3.35. The highest BCUT2D eigenvalue weighted by atomic mass is 16.5. The number of urea groups is 1.